The fourth-order valence-electron chi connectivity index (χ4n) is 1.19. The molecular weight excluding hydrogens is 232 g/mol. The minimum absolute atomic E-state index is 0.00692. The highest BCUT2D eigenvalue weighted by molar-refractivity contribution is 9.10. The molecule has 0 aliphatic heterocycles. The zero-order valence-electron chi connectivity index (χ0n) is 7.63. The monoisotopic (exact) mass is 242 g/mol. The maximum atomic E-state index is 11.5. The van der Waals surface area contributed by atoms with Gasteiger partial charge in [-0.3, -0.25) is 4.79 Å². The van der Waals surface area contributed by atoms with Gasteiger partial charge in [0.15, 0.2) is 5.78 Å². The number of halogens is 1. The lowest BCUT2D eigenvalue weighted by Crippen LogP contribution is -2.09. The Morgan fingerprint density at radius 3 is 2.77 bits per heavy atom. The quantitative estimate of drug-likeness (QED) is 0.762. The molecule has 0 aliphatic carbocycles. The molecule has 0 fully saturated rings. The molecule has 1 aromatic rings. The van der Waals surface area contributed by atoms with E-state index in [0.29, 0.717) is 5.56 Å². The zero-order valence-corrected chi connectivity index (χ0v) is 9.22. The van der Waals surface area contributed by atoms with Crippen molar-refractivity contribution in [1.29, 1.82) is 0 Å². The largest absolute Gasteiger partial charge is 0.377 e. The van der Waals surface area contributed by atoms with Crippen molar-refractivity contribution in [3.63, 3.8) is 0 Å². The third-order valence-electron chi connectivity index (χ3n) is 1.78. The molecule has 0 N–H and O–H groups in total. The van der Waals surface area contributed by atoms with Crippen molar-refractivity contribution < 1.29 is 9.53 Å². The summed E-state index contributed by atoms with van der Waals surface area (Å²) in [4.78, 5) is 11.5. The summed E-state index contributed by atoms with van der Waals surface area (Å²) in [7, 11) is 1.52. The van der Waals surface area contributed by atoms with Gasteiger partial charge in [-0.05, 0) is 18.6 Å². The normalized spacial score (nSPS) is 10.1. The number of carbonyl (C=O) groups excluding carboxylic acids is 1. The number of rotatable bonds is 3. The Kier molecular flexibility index (Phi) is 3.63. The second-order valence-electron chi connectivity index (χ2n) is 2.79. The molecule has 1 rings (SSSR count). The highest BCUT2D eigenvalue weighted by Crippen LogP contribution is 2.20. The van der Waals surface area contributed by atoms with Crippen LogP contribution in [-0.2, 0) is 4.74 Å². The van der Waals surface area contributed by atoms with Crippen LogP contribution < -0.4 is 0 Å². The third-order valence-corrected chi connectivity index (χ3v) is 2.44. The summed E-state index contributed by atoms with van der Waals surface area (Å²) in [5.41, 5.74) is 1.68. The standard InChI is InChI=1S/C10H11BrO2/c1-7-4-3-5-8(11)10(7)9(12)6-13-2/h3-5H,6H2,1-2H3. The Bertz CT molecular complexity index is 300. The SMILES string of the molecule is COCC(=O)c1c(C)cccc1Br. The second kappa shape index (κ2) is 4.53. The van der Waals surface area contributed by atoms with Gasteiger partial charge in [0, 0.05) is 17.1 Å². The lowest BCUT2D eigenvalue weighted by Gasteiger charge is -2.05. The molecule has 13 heavy (non-hydrogen) atoms. The number of hydrogen-bond donors (Lipinski definition) is 0. The van der Waals surface area contributed by atoms with E-state index in [1.807, 2.05) is 25.1 Å². The maximum Gasteiger partial charge on any atom is 0.189 e. The summed E-state index contributed by atoms with van der Waals surface area (Å²) in [5.74, 6) is 0.00692. The third kappa shape index (κ3) is 2.39. The number of methoxy groups -OCH3 is 1. The molecule has 0 aliphatic rings. The minimum Gasteiger partial charge on any atom is -0.377 e. The fourth-order valence-corrected chi connectivity index (χ4v) is 1.87. The fraction of sp³-hybridized carbons (Fsp3) is 0.300. The minimum atomic E-state index is 0.00692. The average molecular weight is 243 g/mol. The summed E-state index contributed by atoms with van der Waals surface area (Å²) >= 11 is 3.34. The summed E-state index contributed by atoms with van der Waals surface area (Å²) < 4.78 is 5.63. The smallest absolute Gasteiger partial charge is 0.189 e. The van der Waals surface area contributed by atoms with E-state index in [1.54, 1.807) is 0 Å². The lowest BCUT2D eigenvalue weighted by atomic mass is 10.1. The van der Waals surface area contributed by atoms with Gasteiger partial charge in [0.25, 0.3) is 0 Å². The molecule has 0 bridgehead atoms. The first-order chi connectivity index (χ1) is 6.16. The molecule has 0 amide bonds. The van der Waals surface area contributed by atoms with E-state index in [-0.39, 0.29) is 12.4 Å². The van der Waals surface area contributed by atoms with Crippen molar-refractivity contribution in [2.45, 2.75) is 6.92 Å². The molecule has 0 spiro atoms. The predicted molar refractivity (Wildman–Crippen MR) is 55.1 cm³/mol. The van der Waals surface area contributed by atoms with Crippen molar-refractivity contribution in [3.05, 3.63) is 33.8 Å². The Morgan fingerprint density at radius 1 is 1.54 bits per heavy atom. The molecule has 0 unspecified atom stereocenters. The van der Waals surface area contributed by atoms with Gasteiger partial charge in [0.05, 0.1) is 0 Å². The van der Waals surface area contributed by atoms with E-state index in [0.717, 1.165) is 10.0 Å². The van der Waals surface area contributed by atoms with E-state index in [1.165, 1.54) is 7.11 Å². The van der Waals surface area contributed by atoms with Crippen LogP contribution in [0.5, 0.6) is 0 Å². The van der Waals surface area contributed by atoms with Crippen LogP contribution in [0.15, 0.2) is 22.7 Å². The Labute approximate surface area is 86.0 Å². The molecule has 1 aromatic carbocycles. The van der Waals surface area contributed by atoms with Gasteiger partial charge in [-0.25, -0.2) is 0 Å². The van der Waals surface area contributed by atoms with Crippen LogP contribution in [0.3, 0.4) is 0 Å². The molecule has 70 valence electrons. The first-order valence-corrected chi connectivity index (χ1v) is 4.73. The van der Waals surface area contributed by atoms with Gasteiger partial charge in [-0.1, -0.05) is 28.1 Å². The topological polar surface area (TPSA) is 26.3 Å². The van der Waals surface area contributed by atoms with Crippen molar-refractivity contribution in [1.82, 2.24) is 0 Å². The van der Waals surface area contributed by atoms with Crippen LogP contribution in [0.25, 0.3) is 0 Å². The maximum absolute atomic E-state index is 11.5. The molecule has 0 radical (unpaired) electrons. The van der Waals surface area contributed by atoms with Gasteiger partial charge in [0.2, 0.25) is 0 Å². The summed E-state index contributed by atoms with van der Waals surface area (Å²) in [6.45, 7) is 2.04. The van der Waals surface area contributed by atoms with Gasteiger partial charge in [-0.15, -0.1) is 0 Å². The van der Waals surface area contributed by atoms with E-state index in [4.69, 9.17) is 4.74 Å². The first-order valence-electron chi connectivity index (χ1n) is 3.94. The van der Waals surface area contributed by atoms with Crippen molar-refractivity contribution in [3.8, 4) is 0 Å². The van der Waals surface area contributed by atoms with Gasteiger partial charge in [0.1, 0.15) is 6.61 Å². The number of ketones is 1. The van der Waals surface area contributed by atoms with Gasteiger partial charge < -0.3 is 4.74 Å². The molecule has 0 aromatic heterocycles. The van der Waals surface area contributed by atoms with E-state index in [9.17, 15) is 4.79 Å². The number of benzene rings is 1. The summed E-state index contributed by atoms with van der Waals surface area (Å²) in [6.07, 6.45) is 0. The molecule has 2 nitrogen and oxygen atoms in total. The molecule has 3 heteroatoms. The van der Waals surface area contributed by atoms with E-state index in [2.05, 4.69) is 15.9 Å². The van der Waals surface area contributed by atoms with Crippen LogP contribution in [0, 0.1) is 6.92 Å². The Balaban J connectivity index is 3.05. The lowest BCUT2D eigenvalue weighted by molar-refractivity contribution is 0.0846. The zero-order chi connectivity index (χ0) is 9.84. The highest BCUT2D eigenvalue weighted by Gasteiger charge is 2.11. The van der Waals surface area contributed by atoms with Crippen molar-refractivity contribution in [2.24, 2.45) is 0 Å². The van der Waals surface area contributed by atoms with Gasteiger partial charge in [-0.2, -0.15) is 0 Å². The van der Waals surface area contributed by atoms with Crippen LogP contribution >= 0.6 is 15.9 Å². The number of ether oxygens (including phenoxy) is 1. The molecule has 0 heterocycles. The van der Waals surface area contributed by atoms with Crippen LogP contribution in [0.2, 0.25) is 0 Å². The van der Waals surface area contributed by atoms with Gasteiger partial charge >= 0.3 is 0 Å². The second-order valence-corrected chi connectivity index (χ2v) is 3.64. The Hall–Kier alpha value is -0.670. The Morgan fingerprint density at radius 2 is 2.23 bits per heavy atom. The molecule has 0 saturated carbocycles. The predicted octanol–water partition coefficient (Wildman–Crippen LogP) is 2.59. The van der Waals surface area contributed by atoms with E-state index >= 15 is 0 Å². The van der Waals surface area contributed by atoms with E-state index < -0.39 is 0 Å². The number of Topliss-reactive ketones (excluding diaryl/α,β-unsaturated/α-hetero) is 1. The first kappa shape index (κ1) is 10.4. The van der Waals surface area contributed by atoms with Crippen molar-refractivity contribution >= 4 is 21.7 Å². The average Bonchev–Trinajstić information content (AvgIpc) is 2.04. The van der Waals surface area contributed by atoms with Crippen LogP contribution in [0.1, 0.15) is 15.9 Å². The molecule has 0 atom stereocenters. The van der Waals surface area contributed by atoms with Crippen molar-refractivity contribution in [2.75, 3.05) is 13.7 Å². The number of carbonyl (C=O) groups is 1. The number of hydrogen-bond acceptors (Lipinski definition) is 2. The van der Waals surface area contributed by atoms with Crippen LogP contribution in [-0.4, -0.2) is 19.5 Å². The molecule has 0 saturated heterocycles. The van der Waals surface area contributed by atoms with Crippen LogP contribution in [0.4, 0.5) is 0 Å². The number of aryl methyl sites for hydroxylation is 1. The molecular formula is C10H11BrO2. The highest BCUT2D eigenvalue weighted by atomic mass is 79.9. The summed E-state index contributed by atoms with van der Waals surface area (Å²) in [5, 5.41) is 0. The summed E-state index contributed by atoms with van der Waals surface area (Å²) in [6, 6.07) is 5.67.